The molecule has 0 saturated heterocycles. The molecule has 0 aromatic heterocycles. The largest absolute Gasteiger partial charge is 0.393 e. The summed E-state index contributed by atoms with van der Waals surface area (Å²) in [6.45, 7) is 4.03. The van der Waals surface area contributed by atoms with E-state index in [9.17, 15) is 19.8 Å². The van der Waals surface area contributed by atoms with Gasteiger partial charge in [-0.3, -0.25) is 9.59 Å². The third-order valence-corrected chi connectivity index (χ3v) is 8.44. The maximum Gasteiger partial charge on any atom is 0.161 e. The number of carbonyl (C=O) groups excluding carboxylic acids is 2. The van der Waals surface area contributed by atoms with Crippen molar-refractivity contribution in [3.8, 4) is 0 Å². The molecule has 0 spiro atoms. The van der Waals surface area contributed by atoms with Crippen LogP contribution in [0.3, 0.4) is 0 Å². The zero-order chi connectivity index (χ0) is 18.0. The second kappa shape index (κ2) is 5.75. The molecule has 4 aliphatic carbocycles. The lowest BCUT2D eigenvalue weighted by Gasteiger charge is -2.59. The predicted molar refractivity (Wildman–Crippen MR) is 93.7 cm³/mol. The van der Waals surface area contributed by atoms with Crippen LogP contribution in [0.5, 0.6) is 0 Å². The molecule has 4 nitrogen and oxygen atoms in total. The molecule has 25 heavy (non-hydrogen) atoms. The van der Waals surface area contributed by atoms with Gasteiger partial charge in [-0.25, -0.2) is 0 Å². The van der Waals surface area contributed by atoms with E-state index < -0.39 is 6.10 Å². The van der Waals surface area contributed by atoms with Crippen molar-refractivity contribution in [1.29, 1.82) is 0 Å². The first-order valence-electron chi connectivity index (χ1n) is 9.87. The van der Waals surface area contributed by atoms with Crippen LogP contribution in [0.2, 0.25) is 0 Å². The summed E-state index contributed by atoms with van der Waals surface area (Å²) in [5.74, 6) is 1.12. The molecular formula is C21H30O4. The fourth-order valence-electron chi connectivity index (χ4n) is 7.33. The molecule has 4 rings (SSSR count). The van der Waals surface area contributed by atoms with E-state index in [0.29, 0.717) is 24.7 Å². The molecule has 0 amide bonds. The molecule has 0 radical (unpaired) electrons. The highest BCUT2D eigenvalue weighted by atomic mass is 16.3. The van der Waals surface area contributed by atoms with Gasteiger partial charge in [-0.1, -0.05) is 19.4 Å². The van der Waals surface area contributed by atoms with Crippen LogP contribution in [0.25, 0.3) is 0 Å². The highest BCUT2D eigenvalue weighted by Gasteiger charge is 2.62. The van der Waals surface area contributed by atoms with Crippen molar-refractivity contribution in [2.45, 2.75) is 64.9 Å². The van der Waals surface area contributed by atoms with E-state index in [1.54, 1.807) is 0 Å². The molecule has 0 heterocycles. The van der Waals surface area contributed by atoms with Crippen molar-refractivity contribution < 1.29 is 19.8 Å². The Balaban J connectivity index is 1.70. The third-order valence-electron chi connectivity index (χ3n) is 8.44. The van der Waals surface area contributed by atoms with E-state index in [-0.39, 0.29) is 40.8 Å². The zero-order valence-corrected chi connectivity index (χ0v) is 15.3. The van der Waals surface area contributed by atoms with E-state index in [4.69, 9.17) is 0 Å². The molecule has 3 saturated carbocycles. The molecule has 4 unspecified atom stereocenters. The Kier molecular flexibility index (Phi) is 4.01. The molecule has 0 bridgehead atoms. The minimum atomic E-state index is -0.430. The zero-order valence-electron chi connectivity index (χ0n) is 15.3. The quantitative estimate of drug-likeness (QED) is 0.806. The van der Waals surface area contributed by atoms with Crippen LogP contribution in [0.4, 0.5) is 0 Å². The second-order valence-electron chi connectivity index (χ2n) is 9.42. The van der Waals surface area contributed by atoms with E-state index in [1.807, 2.05) is 6.08 Å². The highest BCUT2D eigenvalue weighted by molar-refractivity contribution is 5.91. The van der Waals surface area contributed by atoms with Gasteiger partial charge < -0.3 is 10.2 Å². The van der Waals surface area contributed by atoms with Crippen molar-refractivity contribution >= 4 is 11.6 Å². The lowest BCUT2D eigenvalue weighted by atomic mass is 9.46. The molecule has 4 heteroatoms. The number of aliphatic hydroxyl groups excluding tert-OH is 2. The monoisotopic (exact) mass is 346 g/mol. The van der Waals surface area contributed by atoms with Crippen LogP contribution < -0.4 is 0 Å². The van der Waals surface area contributed by atoms with Crippen molar-refractivity contribution in [2.75, 3.05) is 6.61 Å². The minimum absolute atomic E-state index is 0.0541. The number of aliphatic hydroxyl groups is 2. The maximum absolute atomic E-state index is 12.3. The smallest absolute Gasteiger partial charge is 0.161 e. The van der Waals surface area contributed by atoms with Gasteiger partial charge in [-0.05, 0) is 73.2 Å². The standard InChI is InChI=1S/C21H30O4/c1-20-8-7-13(23)9-12(20)3-4-14-15-5-6-16(18(25)11-22)21(15,2)10-17(24)19(14)20/h9,14-17,19,22,24H,3-8,10-11H2,1-2H3/t14?,15?,16-,17?,19?,20+,21+/m1/s1. The summed E-state index contributed by atoms with van der Waals surface area (Å²) in [6.07, 6.45) is 7.32. The number of carbonyl (C=O) groups is 2. The number of ketones is 2. The summed E-state index contributed by atoms with van der Waals surface area (Å²) in [6, 6.07) is 0. The van der Waals surface area contributed by atoms with Crippen LogP contribution in [-0.4, -0.2) is 34.5 Å². The normalized spacial score (nSPS) is 49.0. The molecule has 138 valence electrons. The average Bonchev–Trinajstić information content (AvgIpc) is 2.91. The van der Waals surface area contributed by atoms with E-state index >= 15 is 0 Å². The Hall–Kier alpha value is -1.00. The lowest BCUT2D eigenvalue weighted by Crippen LogP contribution is -2.57. The Morgan fingerprint density at radius 2 is 2.00 bits per heavy atom. The number of fused-ring (bicyclic) bond motifs is 5. The molecule has 4 aliphatic rings. The molecule has 2 N–H and O–H groups in total. The molecule has 0 aromatic carbocycles. The van der Waals surface area contributed by atoms with Gasteiger partial charge in [0.15, 0.2) is 11.6 Å². The van der Waals surface area contributed by atoms with E-state index in [2.05, 4.69) is 13.8 Å². The summed E-state index contributed by atoms with van der Waals surface area (Å²) in [4.78, 5) is 24.2. The Morgan fingerprint density at radius 3 is 2.72 bits per heavy atom. The van der Waals surface area contributed by atoms with E-state index in [0.717, 1.165) is 32.1 Å². The van der Waals surface area contributed by atoms with Gasteiger partial charge in [-0.2, -0.15) is 0 Å². The summed E-state index contributed by atoms with van der Waals surface area (Å²) in [7, 11) is 0. The topological polar surface area (TPSA) is 74.6 Å². The molecule has 0 aliphatic heterocycles. The highest BCUT2D eigenvalue weighted by Crippen LogP contribution is 2.66. The van der Waals surface area contributed by atoms with Gasteiger partial charge in [0.25, 0.3) is 0 Å². The third kappa shape index (κ3) is 2.33. The molecule has 3 fully saturated rings. The summed E-state index contributed by atoms with van der Waals surface area (Å²) in [5, 5.41) is 20.5. The summed E-state index contributed by atoms with van der Waals surface area (Å²) < 4.78 is 0. The SMILES string of the molecule is C[C@]12CCC(=O)C=C1CCC1C2C(O)C[C@@]2(C)C1CC[C@@H]2C(=O)CO. The Morgan fingerprint density at radius 1 is 1.24 bits per heavy atom. The van der Waals surface area contributed by atoms with Gasteiger partial charge in [-0.15, -0.1) is 0 Å². The Labute approximate surface area is 149 Å². The van der Waals surface area contributed by atoms with Crippen LogP contribution in [-0.2, 0) is 9.59 Å². The van der Waals surface area contributed by atoms with Crippen LogP contribution >= 0.6 is 0 Å². The number of rotatable bonds is 2. The summed E-state index contributed by atoms with van der Waals surface area (Å²) >= 11 is 0. The first-order valence-corrected chi connectivity index (χ1v) is 9.87. The number of Topliss-reactive ketones (excluding diaryl/α,β-unsaturated/α-hetero) is 1. The Bertz CT molecular complexity index is 638. The lowest BCUT2D eigenvalue weighted by molar-refractivity contribution is -0.146. The van der Waals surface area contributed by atoms with Gasteiger partial charge >= 0.3 is 0 Å². The van der Waals surface area contributed by atoms with Crippen molar-refractivity contribution in [3.05, 3.63) is 11.6 Å². The number of hydrogen-bond donors (Lipinski definition) is 2. The van der Waals surface area contributed by atoms with Gasteiger partial charge in [0.05, 0.1) is 6.10 Å². The van der Waals surface area contributed by atoms with Crippen LogP contribution in [0.15, 0.2) is 11.6 Å². The van der Waals surface area contributed by atoms with Gasteiger partial charge in [0, 0.05) is 12.3 Å². The van der Waals surface area contributed by atoms with Crippen LogP contribution in [0, 0.1) is 34.5 Å². The minimum Gasteiger partial charge on any atom is -0.393 e. The summed E-state index contributed by atoms with van der Waals surface area (Å²) in [5.41, 5.74) is 0.979. The number of hydrogen-bond acceptors (Lipinski definition) is 4. The molecule has 7 atom stereocenters. The van der Waals surface area contributed by atoms with Crippen LogP contribution in [0.1, 0.15) is 58.8 Å². The maximum atomic E-state index is 12.3. The van der Waals surface area contributed by atoms with Crippen molar-refractivity contribution in [3.63, 3.8) is 0 Å². The van der Waals surface area contributed by atoms with Crippen molar-refractivity contribution in [2.24, 2.45) is 34.5 Å². The predicted octanol–water partition coefficient (Wildman–Crippen LogP) is 2.67. The van der Waals surface area contributed by atoms with E-state index in [1.165, 1.54) is 5.57 Å². The molecule has 0 aromatic rings. The first-order chi connectivity index (χ1) is 11.8. The first kappa shape index (κ1) is 17.4. The van der Waals surface area contributed by atoms with Gasteiger partial charge in [0.1, 0.15) is 6.61 Å². The average molecular weight is 346 g/mol. The van der Waals surface area contributed by atoms with Gasteiger partial charge in [0.2, 0.25) is 0 Å². The fourth-order valence-corrected chi connectivity index (χ4v) is 7.33. The number of allylic oxidation sites excluding steroid dienone is 1. The fraction of sp³-hybridized carbons (Fsp3) is 0.810. The molecular weight excluding hydrogens is 316 g/mol. The van der Waals surface area contributed by atoms with Crippen molar-refractivity contribution in [1.82, 2.24) is 0 Å². The second-order valence-corrected chi connectivity index (χ2v) is 9.42.